The van der Waals surface area contributed by atoms with E-state index >= 15 is 0 Å². The molecule has 0 aromatic heterocycles. The highest BCUT2D eigenvalue weighted by molar-refractivity contribution is 5.89. The van der Waals surface area contributed by atoms with Crippen LogP contribution in [0.15, 0.2) is 42.0 Å². The number of esters is 1. The zero-order valence-corrected chi connectivity index (χ0v) is 24.5. The minimum atomic E-state index is -0.425. The standard InChI is InChI=1S/C35H52O2/c1-24-18-21-34(5)27(23-24)14-15-28-30-17-16-29(35(30,6)22-19-31(28)34)25(2)11-10-20-33(3,4)37-32(36)26-12-8-7-9-13-26/h7-9,12-14,24-25,28-31H,10-11,15-23H2,1-6H3/t24-,25+,28-,29+,30-,31?,34?,35+/m0/s1. The number of rotatable bonds is 7. The fourth-order valence-electron chi connectivity index (χ4n) is 9.80. The molecule has 2 nitrogen and oxygen atoms in total. The summed E-state index contributed by atoms with van der Waals surface area (Å²) >= 11 is 0. The first-order valence-corrected chi connectivity index (χ1v) is 15.5. The molecular formula is C35H52O2. The number of hydrogen-bond acceptors (Lipinski definition) is 2. The van der Waals surface area contributed by atoms with E-state index in [4.69, 9.17) is 4.74 Å². The molecule has 1 aromatic rings. The zero-order valence-electron chi connectivity index (χ0n) is 24.5. The molecule has 0 bridgehead atoms. The van der Waals surface area contributed by atoms with Gasteiger partial charge in [-0.3, -0.25) is 0 Å². The van der Waals surface area contributed by atoms with Gasteiger partial charge in [-0.05, 0) is 137 Å². The lowest BCUT2D eigenvalue weighted by atomic mass is 9.46. The van der Waals surface area contributed by atoms with Crippen molar-refractivity contribution in [1.29, 1.82) is 0 Å². The Hall–Kier alpha value is -1.57. The Balaban J connectivity index is 1.18. The maximum absolute atomic E-state index is 12.6. The van der Waals surface area contributed by atoms with Crippen molar-refractivity contribution in [3.05, 3.63) is 47.5 Å². The van der Waals surface area contributed by atoms with Crippen LogP contribution in [0, 0.1) is 46.3 Å². The number of fused-ring (bicyclic) bond motifs is 5. The number of benzene rings is 1. The molecule has 0 N–H and O–H groups in total. The molecule has 3 saturated carbocycles. The van der Waals surface area contributed by atoms with Crippen LogP contribution in [0.3, 0.4) is 0 Å². The Bertz CT molecular complexity index is 992. The van der Waals surface area contributed by atoms with Crippen LogP contribution in [0.5, 0.6) is 0 Å². The predicted octanol–water partition coefficient (Wildman–Crippen LogP) is 9.64. The zero-order chi connectivity index (χ0) is 26.4. The Labute approximate surface area is 227 Å². The monoisotopic (exact) mass is 504 g/mol. The molecule has 1 aromatic carbocycles. The van der Waals surface area contributed by atoms with Gasteiger partial charge in [0.05, 0.1) is 5.56 Å². The van der Waals surface area contributed by atoms with Crippen molar-refractivity contribution >= 4 is 5.97 Å². The molecule has 0 heterocycles. The molecule has 0 radical (unpaired) electrons. The summed E-state index contributed by atoms with van der Waals surface area (Å²) in [5, 5.41) is 0. The molecule has 37 heavy (non-hydrogen) atoms. The number of carbonyl (C=O) groups is 1. The van der Waals surface area contributed by atoms with Gasteiger partial charge >= 0.3 is 5.97 Å². The van der Waals surface area contributed by atoms with Gasteiger partial charge in [0.2, 0.25) is 0 Å². The van der Waals surface area contributed by atoms with Crippen molar-refractivity contribution in [3.63, 3.8) is 0 Å². The molecule has 204 valence electrons. The summed E-state index contributed by atoms with van der Waals surface area (Å²) in [5.74, 6) is 5.02. The number of allylic oxidation sites excluding steroid dienone is 2. The van der Waals surface area contributed by atoms with Crippen molar-refractivity contribution in [2.75, 3.05) is 0 Å². The van der Waals surface area contributed by atoms with Gasteiger partial charge in [0.1, 0.15) is 5.60 Å². The van der Waals surface area contributed by atoms with E-state index in [1.54, 1.807) is 0 Å². The lowest BCUT2D eigenvalue weighted by molar-refractivity contribution is -0.0527. The predicted molar refractivity (Wildman–Crippen MR) is 153 cm³/mol. The third kappa shape index (κ3) is 5.08. The highest BCUT2D eigenvalue weighted by Gasteiger charge is 2.58. The third-order valence-electron chi connectivity index (χ3n) is 11.9. The van der Waals surface area contributed by atoms with E-state index in [-0.39, 0.29) is 5.97 Å². The second-order valence-electron chi connectivity index (χ2n) is 14.7. The lowest BCUT2D eigenvalue weighted by Crippen LogP contribution is -2.50. The van der Waals surface area contributed by atoms with Gasteiger partial charge in [-0.1, -0.05) is 64.0 Å². The number of carbonyl (C=O) groups excluding carboxylic acids is 1. The third-order valence-corrected chi connectivity index (χ3v) is 11.9. The molecule has 0 saturated heterocycles. The smallest absolute Gasteiger partial charge is 0.338 e. The van der Waals surface area contributed by atoms with Gasteiger partial charge < -0.3 is 4.74 Å². The van der Waals surface area contributed by atoms with Crippen molar-refractivity contribution in [1.82, 2.24) is 0 Å². The van der Waals surface area contributed by atoms with E-state index in [9.17, 15) is 4.79 Å². The van der Waals surface area contributed by atoms with Crippen LogP contribution in [0.4, 0.5) is 0 Å². The van der Waals surface area contributed by atoms with Gasteiger partial charge in [-0.15, -0.1) is 0 Å². The summed E-state index contributed by atoms with van der Waals surface area (Å²) in [5.41, 5.74) is 3.05. The van der Waals surface area contributed by atoms with E-state index in [1.807, 2.05) is 35.9 Å². The van der Waals surface area contributed by atoms with E-state index in [0.717, 1.165) is 48.3 Å². The largest absolute Gasteiger partial charge is 0.456 e. The second kappa shape index (κ2) is 10.2. The molecule has 0 amide bonds. The summed E-state index contributed by atoms with van der Waals surface area (Å²) in [6.45, 7) is 14.5. The van der Waals surface area contributed by atoms with Crippen molar-refractivity contribution in [3.8, 4) is 0 Å². The molecule has 4 aliphatic rings. The first-order valence-electron chi connectivity index (χ1n) is 15.5. The van der Waals surface area contributed by atoms with E-state index < -0.39 is 5.60 Å². The molecule has 2 unspecified atom stereocenters. The normalized spacial score (nSPS) is 38.1. The van der Waals surface area contributed by atoms with Gasteiger partial charge in [-0.25, -0.2) is 4.79 Å². The maximum Gasteiger partial charge on any atom is 0.338 e. The molecule has 2 heteroatoms. The van der Waals surface area contributed by atoms with E-state index in [2.05, 4.69) is 47.6 Å². The van der Waals surface area contributed by atoms with Crippen LogP contribution in [-0.2, 0) is 4.74 Å². The van der Waals surface area contributed by atoms with Crippen molar-refractivity contribution < 1.29 is 9.53 Å². The van der Waals surface area contributed by atoms with E-state index in [0.29, 0.717) is 16.4 Å². The molecule has 4 aliphatic carbocycles. The summed E-state index contributed by atoms with van der Waals surface area (Å²) in [7, 11) is 0. The number of ether oxygens (including phenoxy) is 1. The van der Waals surface area contributed by atoms with E-state index in [1.165, 1.54) is 57.8 Å². The molecule has 5 rings (SSSR count). The average molecular weight is 505 g/mol. The molecule has 0 spiro atoms. The maximum atomic E-state index is 12.6. The fraction of sp³-hybridized carbons (Fsp3) is 0.743. The summed E-state index contributed by atoms with van der Waals surface area (Å²) in [6.07, 6.45) is 17.3. The highest BCUT2D eigenvalue weighted by atomic mass is 16.6. The Morgan fingerprint density at radius 2 is 1.81 bits per heavy atom. The van der Waals surface area contributed by atoms with Crippen molar-refractivity contribution in [2.45, 2.75) is 118 Å². The summed E-state index contributed by atoms with van der Waals surface area (Å²) in [6, 6.07) is 9.40. The summed E-state index contributed by atoms with van der Waals surface area (Å²) < 4.78 is 5.91. The number of hydrogen-bond donors (Lipinski definition) is 0. The summed E-state index contributed by atoms with van der Waals surface area (Å²) in [4.78, 5) is 12.6. The topological polar surface area (TPSA) is 26.3 Å². The van der Waals surface area contributed by atoms with Crippen LogP contribution in [0.25, 0.3) is 0 Å². The van der Waals surface area contributed by atoms with Crippen LogP contribution >= 0.6 is 0 Å². The highest BCUT2D eigenvalue weighted by Crippen LogP contribution is 2.67. The average Bonchev–Trinajstić information content (AvgIpc) is 3.22. The Morgan fingerprint density at radius 1 is 1.05 bits per heavy atom. The first-order chi connectivity index (χ1) is 17.5. The van der Waals surface area contributed by atoms with Gasteiger partial charge in [-0.2, -0.15) is 0 Å². The van der Waals surface area contributed by atoms with Crippen LogP contribution in [-0.4, -0.2) is 11.6 Å². The molecule has 0 aliphatic heterocycles. The van der Waals surface area contributed by atoms with Crippen LogP contribution < -0.4 is 0 Å². The molecular weight excluding hydrogens is 452 g/mol. The first kappa shape index (κ1) is 27.0. The van der Waals surface area contributed by atoms with Gasteiger partial charge in [0.25, 0.3) is 0 Å². The fourth-order valence-corrected chi connectivity index (χ4v) is 9.80. The SMILES string of the molecule is C[C@H]1CCC2(C)C(=CC[C@@H]3C2CC[C@]2(C)[C@@H]([C@H](C)CCCC(C)(C)OC(=O)c4ccccc4)CC[C@@H]32)C1. The van der Waals surface area contributed by atoms with Gasteiger partial charge in [0.15, 0.2) is 0 Å². The van der Waals surface area contributed by atoms with Crippen LogP contribution in [0.1, 0.15) is 123 Å². The van der Waals surface area contributed by atoms with Crippen LogP contribution in [0.2, 0.25) is 0 Å². The quantitative estimate of drug-likeness (QED) is 0.273. The Kier molecular flexibility index (Phi) is 7.44. The van der Waals surface area contributed by atoms with Gasteiger partial charge in [0, 0.05) is 0 Å². The lowest BCUT2D eigenvalue weighted by Gasteiger charge is -2.58. The minimum Gasteiger partial charge on any atom is -0.456 e. The Morgan fingerprint density at radius 3 is 2.57 bits per heavy atom. The molecule has 8 atom stereocenters. The second-order valence-corrected chi connectivity index (χ2v) is 14.7. The minimum absolute atomic E-state index is 0.202. The molecule has 3 fully saturated rings. The van der Waals surface area contributed by atoms with Crippen molar-refractivity contribution in [2.24, 2.45) is 46.3 Å².